The zero-order valence-corrected chi connectivity index (χ0v) is 9.92. The van der Waals surface area contributed by atoms with Crippen molar-refractivity contribution in [3.8, 4) is 5.75 Å². The van der Waals surface area contributed by atoms with Gasteiger partial charge in [-0.3, -0.25) is 4.79 Å². The van der Waals surface area contributed by atoms with E-state index in [1.165, 1.54) is 6.07 Å². The number of carboxylic acids is 1. The third kappa shape index (κ3) is 4.73. The van der Waals surface area contributed by atoms with Gasteiger partial charge in [-0.15, -0.1) is 0 Å². The van der Waals surface area contributed by atoms with Crippen molar-refractivity contribution >= 4 is 12.1 Å². The molecule has 0 aliphatic carbocycles. The van der Waals surface area contributed by atoms with Crippen molar-refractivity contribution in [3.63, 3.8) is 0 Å². The molecule has 0 saturated heterocycles. The topological polar surface area (TPSA) is 95.9 Å². The van der Waals surface area contributed by atoms with Crippen LogP contribution in [-0.2, 0) is 16.1 Å². The summed E-state index contributed by atoms with van der Waals surface area (Å²) in [6.07, 6.45) is -0.891. The minimum atomic E-state index is -0.997. The van der Waals surface area contributed by atoms with E-state index < -0.39 is 18.1 Å². The predicted molar refractivity (Wildman–Crippen MR) is 63.1 cm³/mol. The smallest absolute Gasteiger partial charge is 0.407 e. The van der Waals surface area contributed by atoms with Crippen molar-refractivity contribution in [1.82, 2.24) is 5.32 Å². The second kappa shape index (κ2) is 6.48. The first-order valence-electron chi connectivity index (χ1n) is 5.41. The molecule has 0 aliphatic heterocycles. The summed E-state index contributed by atoms with van der Waals surface area (Å²) in [7, 11) is 0. The molecule has 6 nitrogen and oxygen atoms in total. The van der Waals surface area contributed by atoms with Gasteiger partial charge < -0.3 is 20.3 Å². The largest absolute Gasteiger partial charge is 0.508 e. The van der Waals surface area contributed by atoms with Crippen LogP contribution in [0.5, 0.6) is 5.75 Å². The van der Waals surface area contributed by atoms with Crippen molar-refractivity contribution in [2.45, 2.75) is 26.0 Å². The summed E-state index contributed by atoms with van der Waals surface area (Å²) in [5, 5.41) is 20.3. The van der Waals surface area contributed by atoms with Crippen LogP contribution in [-0.4, -0.2) is 28.3 Å². The van der Waals surface area contributed by atoms with Gasteiger partial charge in [0.25, 0.3) is 0 Å². The second-order valence-corrected chi connectivity index (χ2v) is 3.85. The van der Waals surface area contributed by atoms with Crippen molar-refractivity contribution in [2.24, 2.45) is 0 Å². The predicted octanol–water partition coefficient (Wildman–Crippen LogP) is 1.48. The number of hydrogen-bond acceptors (Lipinski definition) is 4. The Morgan fingerprint density at radius 2 is 2.06 bits per heavy atom. The van der Waals surface area contributed by atoms with Crippen LogP contribution in [0.1, 0.15) is 18.9 Å². The van der Waals surface area contributed by atoms with E-state index in [1.54, 1.807) is 25.1 Å². The number of para-hydroxylation sites is 1. The number of carbonyl (C=O) groups is 2. The number of aromatic hydroxyl groups is 1. The average Bonchev–Trinajstić information content (AvgIpc) is 2.26. The number of alkyl carbamates (subject to hydrolysis) is 1. The Hall–Kier alpha value is -2.24. The lowest BCUT2D eigenvalue weighted by Gasteiger charge is -2.12. The monoisotopic (exact) mass is 253 g/mol. The molecule has 1 rings (SSSR count). The van der Waals surface area contributed by atoms with Crippen LogP contribution in [0.25, 0.3) is 0 Å². The molecule has 0 aliphatic rings. The van der Waals surface area contributed by atoms with E-state index >= 15 is 0 Å². The summed E-state index contributed by atoms with van der Waals surface area (Å²) in [5.41, 5.74) is 0.485. The first-order valence-corrected chi connectivity index (χ1v) is 5.41. The molecule has 0 saturated carbocycles. The van der Waals surface area contributed by atoms with E-state index in [0.29, 0.717) is 5.56 Å². The Morgan fingerprint density at radius 3 is 2.67 bits per heavy atom. The van der Waals surface area contributed by atoms with Crippen molar-refractivity contribution in [1.29, 1.82) is 0 Å². The van der Waals surface area contributed by atoms with Gasteiger partial charge in [-0.25, -0.2) is 4.79 Å². The number of benzene rings is 1. The van der Waals surface area contributed by atoms with Gasteiger partial charge in [0.1, 0.15) is 12.4 Å². The number of carbonyl (C=O) groups excluding carboxylic acids is 1. The van der Waals surface area contributed by atoms with Gasteiger partial charge in [0.2, 0.25) is 0 Å². The Kier molecular flexibility index (Phi) is 4.98. The molecule has 1 amide bonds. The number of ether oxygens (including phenoxy) is 1. The maximum absolute atomic E-state index is 11.3. The number of carboxylic acid groups (broad SMARTS) is 1. The van der Waals surface area contributed by atoms with Crippen LogP contribution < -0.4 is 5.32 Å². The first-order chi connectivity index (χ1) is 8.49. The number of aliphatic carboxylic acids is 1. The molecule has 0 unspecified atom stereocenters. The summed E-state index contributed by atoms with van der Waals surface area (Å²) >= 11 is 0. The van der Waals surface area contributed by atoms with Gasteiger partial charge in [0.05, 0.1) is 6.42 Å². The van der Waals surface area contributed by atoms with E-state index in [0.717, 1.165) is 0 Å². The molecule has 0 bridgehead atoms. The van der Waals surface area contributed by atoms with Gasteiger partial charge in [-0.1, -0.05) is 18.2 Å². The lowest BCUT2D eigenvalue weighted by Crippen LogP contribution is -2.34. The molecule has 18 heavy (non-hydrogen) atoms. The molecule has 0 heterocycles. The van der Waals surface area contributed by atoms with Crippen molar-refractivity contribution in [2.75, 3.05) is 0 Å². The first kappa shape index (κ1) is 13.8. The second-order valence-electron chi connectivity index (χ2n) is 3.85. The number of amides is 1. The molecule has 98 valence electrons. The van der Waals surface area contributed by atoms with Crippen LogP contribution in [0.4, 0.5) is 4.79 Å². The van der Waals surface area contributed by atoms with Crippen LogP contribution in [0.3, 0.4) is 0 Å². The lowest BCUT2D eigenvalue weighted by atomic mass is 10.2. The Labute approximate surface area is 104 Å². The fourth-order valence-corrected chi connectivity index (χ4v) is 1.33. The third-order valence-corrected chi connectivity index (χ3v) is 2.20. The zero-order valence-electron chi connectivity index (χ0n) is 9.92. The van der Waals surface area contributed by atoms with E-state index in [1.807, 2.05) is 0 Å². The standard InChI is InChI=1S/C12H15NO5/c1-8(6-11(15)16)13-12(17)18-7-9-4-2-3-5-10(9)14/h2-5,8,14H,6-7H2,1H3,(H,13,17)(H,15,16)/t8-/m1/s1. The minimum Gasteiger partial charge on any atom is -0.508 e. The fraction of sp³-hybridized carbons (Fsp3) is 0.333. The molecule has 1 aromatic rings. The highest BCUT2D eigenvalue weighted by Gasteiger charge is 2.12. The number of hydrogen-bond donors (Lipinski definition) is 3. The summed E-state index contributed by atoms with van der Waals surface area (Å²) in [6.45, 7) is 1.49. The fourth-order valence-electron chi connectivity index (χ4n) is 1.33. The van der Waals surface area contributed by atoms with Crippen LogP contribution in [0.15, 0.2) is 24.3 Å². The maximum Gasteiger partial charge on any atom is 0.407 e. The van der Waals surface area contributed by atoms with E-state index in [4.69, 9.17) is 9.84 Å². The third-order valence-electron chi connectivity index (χ3n) is 2.20. The van der Waals surface area contributed by atoms with Crippen molar-refractivity contribution in [3.05, 3.63) is 29.8 Å². The van der Waals surface area contributed by atoms with Crippen LogP contribution in [0.2, 0.25) is 0 Å². The zero-order chi connectivity index (χ0) is 13.5. The SMILES string of the molecule is C[C@H](CC(=O)O)NC(=O)OCc1ccccc1O. The van der Waals surface area contributed by atoms with Gasteiger partial charge in [-0.05, 0) is 13.0 Å². The molecular weight excluding hydrogens is 238 g/mol. The molecular formula is C12H15NO5. The molecule has 0 fully saturated rings. The molecule has 0 radical (unpaired) electrons. The van der Waals surface area contributed by atoms with Crippen molar-refractivity contribution < 1.29 is 24.5 Å². The highest BCUT2D eigenvalue weighted by molar-refractivity contribution is 5.71. The van der Waals surface area contributed by atoms with Crippen LogP contribution >= 0.6 is 0 Å². The Balaban J connectivity index is 2.38. The number of phenols is 1. The summed E-state index contributed by atoms with van der Waals surface area (Å²) in [6, 6.07) is 5.98. The minimum absolute atomic E-state index is 0.0453. The Morgan fingerprint density at radius 1 is 1.39 bits per heavy atom. The molecule has 0 aromatic heterocycles. The summed E-state index contributed by atoms with van der Waals surface area (Å²) in [5.74, 6) is -0.951. The summed E-state index contributed by atoms with van der Waals surface area (Å²) < 4.78 is 4.86. The van der Waals surface area contributed by atoms with E-state index in [2.05, 4.69) is 5.32 Å². The Bertz CT molecular complexity index is 432. The highest BCUT2D eigenvalue weighted by atomic mass is 16.5. The van der Waals surface area contributed by atoms with Gasteiger partial charge >= 0.3 is 12.1 Å². The quantitative estimate of drug-likeness (QED) is 0.738. The maximum atomic E-state index is 11.3. The number of phenolic OH excluding ortho intramolecular Hbond substituents is 1. The van der Waals surface area contributed by atoms with Gasteiger partial charge in [-0.2, -0.15) is 0 Å². The number of nitrogens with one attached hydrogen (secondary N) is 1. The average molecular weight is 253 g/mol. The highest BCUT2D eigenvalue weighted by Crippen LogP contribution is 2.16. The molecule has 0 spiro atoms. The molecule has 1 aromatic carbocycles. The molecule has 6 heteroatoms. The van der Waals surface area contributed by atoms with Crippen LogP contribution in [0, 0.1) is 0 Å². The lowest BCUT2D eigenvalue weighted by molar-refractivity contribution is -0.137. The summed E-state index contributed by atoms with van der Waals surface area (Å²) in [4.78, 5) is 21.7. The van der Waals surface area contributed by atoms with Gasteiger partial charge in [0, 0.05) is 11.6 Å². The molecule has 3 N–H and O–H groups in total. The van der Waals surface area contributed by atoms with Gasteiger partial charge in [0.15, 0.2) is 0 Å². The number of rotatable bonds is 5. The van der Waals surface area contributed by atoms with E-state index in [9.17, 15) is 14.7 Å². The molecule has 1 atom stereocenters. The van der Waals surface area contributed by atoms with E-state index in [-0.39, 0.29) is 18.8 Å². The normalized spacial score (nSPS) is 11.6.